The van der Waals surface area contributed by atoms with Crippen molar-refractivity contribution in [3.05, 3.63) is 22.2 Å². The number of nitrogens with two attached hydrogens (primary N) is 1. The number of rotatable bonds is 8. The molecule has 106 valence electrons. The van der Waals surface area contributed by atoms with Gasteiger partial charge in [-0.15, -0.1) is 0 Å². The molecule has 1 rings (SSSR count). The van der Waals surface area contributed by atoms with Crippen LogP contribution in [-0.2, 0) is 4.74 Å². The van der Waals surface area contributed by atoms with Crippen LogP contribution in [0, 0.1) is 16.0 Å². The minimum atomic E-state index is -0.498. The molecule has 1 aromatic rings. The third-order valence-electron chi connectivity index (χ3n) is 2.43. The van der Waals surface area contributed by atoms with E-state index in [1.54, 1.807) is 0 Å². The Morgan fingerprint density at radius 3 is 2.84 bits per heavy atom. The van der Waals surface area contributed by atoms with Crippen molar-refractivity contribution in [2.75, 3.05) is 30.8 Å². The van der Waals surface area contributed by atoms with Gasteiger partial charge >= 0.3 is 0 Å². The van der Waals surface area contributed by atoms with Gasteiger partial charge in [0, 0.05) is 13.2 Å². The highest BCUT2D eigenvalue weighted by atomic mass is 16.6. The molecule has 19 heavy (non-hydrogen) atoms. The first-order chi connectivity index (χ1) is 8.99. The van der Waals surface area contributed by atoms with Gasteiger partial charge in [-0.3, -0.25) is 10.1 Å². The molecule has 0 aliphatic rings. The lowest BCUT2D eigenvalue weighted by molar-refractivity contribution is -0.384. The molecule has 0 atom stereocenters. The van der Waals surface area contributed by atoms with Crippen molar-refractivity contribution >= 4 is 17.3 Å². The summed E-state index contributed by atoms with van der Waals surface area (Å²) in [5, 5.41) is 13.6. The Labute approximate surface area is 112 Å². The Bertz CT molecular complexity index is 423. The fourth-order valence-electron chi connectivity index (χ4n) is 1.41. The summed E-state index contributed by atoms with van der Waals surface area (Å²) in [6, 6.07) is 2.58. The van der Waals surface area contributed by atoms with Crippen LogP contribution in [-0.4, -0.2) is 29.7 Å². The first-order valence-electron chi connectivity index (χ1n) is 6.22. The van der Waals surface area contributed by atoms with E-state index >= 15 is 0 Å². The van der Waals surface area contributed by atoms with Gasteiger partial charge in [0.15, 0.2) is 0 Å². The first kappa shape index (κ1) is 15.2. The van der Waals surface area contributed by atoms with E-state index in [0.717, 1.165) is 6.42 Å². The summed E-state index contributed by atoms with van der Waals surface area (Å²) in [6.45, 7) is 6.04. The van der Waals surface area contributed by atoms with Gasteiger partial charge in [-0.2, -0.15) is 0 Å². The van der Waals surface area contributed by atoms with E-state index < -0.39 is 4.92 Å². The molecular weight excluding hydrogens is 248 g/mol. The smallest absolute Gasteiger partial charge is 0.276 e. The number of nitrogen functional groups attached to an aromatic ring is 1. The van der Waals surface area contributed by atoms with E-state index in [-0.39, 0.29) is 11.5 Å². The molecule has 0 aromatic carbocycles. The number of hydrogen-bond acceptors (Lipinski definition) is 6. The van der Waals surface area contributed by atoms with Crippen molar-refractivity contribution in [1.82, 2.24) is 4.98 Å². The Balaban J connectivity index is 2.35. The van der Waals surface area contributed by atoms with E-state index in [0.29, 0.717) is 31.5 Å². The molecular formula is C12H20N4O3. The summed E-state index contributed by atoms with van der Waals surface area (Å²) < 4.78 is 5.42. The predicted octanol–water partition coefficient (Wildman–Crippen LogP) is 2.05. The van der Waals surface area contributed by atoms with Crippen LogP contribution >= 0.6 is 0 Å². The molecule has 0 fully saturated rings. The number of aromatic nitrogens is 1. The van der Waals surface area contributed by atoms with Crippen LogP contribution in [0.1, 0.15) is 20.3 Å². The Morgan fingerprint density at radius 2 is 2.21 bits per heavy atom. The molecule has 1 aromatic heterocycles. The minimum Gasteiger partial charge on any atom is -0.383 e. The summed E-state index contributed by atoms with van der Waals surface area (Å²) in [5.41, 5.74) is 5.42. The van der Waals surface area contributed by atoms with Crippen LogP contribution in [0.2, 0.25) is 0 Å². The number of hydrogen-bond donors (Lipinski definition) is 2. The quantitative estimate of drug-likeness (QED) is 0.425. The molecule has 0 unspecified atom stereocenters. The van der Waals surface area contributed by atoms with Crippen LogP contribution in [0.25, 0.3) is 0 Å². The highest BCUT2D eigenvalue weighted by Crippen LogP contribution is 2.18. The Hall–Kier alpha value is -1.89. The third kappa shape index (κ3) is 6.01. The van der Waals surface area contributed by atoms with Crippen LogP contribution in [0.5, 0.6) is 0 Å². The fourth-order valence-corrected chi connectivity index (χ4v) is 1.41. The molecule has 0 bridgehead atoms. The monoisotopic (exact) mass is 268 g/mol. The van der Waals surface area contributed by atoms with Crippen molar-refractivity contribution < 1.29 is 9.66 Å². The molecule has 0 radical (unpaired) electrons. The summed E-state index contributed by atoms with van der Waals surface area (Å²) >= 11 is 0. The second-order valence-corrected chi connectivity index (χ2v) is 4.61. The summed E-state index contributed by atoms with van der Waals surface area (Å²) in [4.78, 5) is 14.1. The average Bonchev–Trinajstić information content (AvgIpc) is 2.32. The van der Waals surface area contributed by atoms with E-state index in [2.05, 4.69) is 24.1 Å². The topological polar surface area (TPSA) is 103 Å². The number of nitrogens with zero attached hydrogens (tertiary/aromatic N) is 2. The van der Waals surface area contributed by atoms with Crippen molar-refractivity contribution in [2.45, 2.75) is 20.3 Å². The number of nitrogens with one attached hydrogen (secondary N) is 1. The summed E-state index contributed by atoms with van der Waals surface area (Å²) in [7, 11) is 0. The fraction of sp³-hybridized carbons (Fsp3) is 0.583. The SMILES string of the molecule is CC(C)CCOCCNc1cc([N+](=O)[O-])cc(N)n1. The predicted molar refractivity (Wildman–Crippen MR) is 74.1 cm³/mol. The molecule has 0 aliphatic carbocycles. The van der Waals surface area contributed by atoms with E-state index in [1.807, 2.05) is 0 Å². The summed E-state index contributed by atoms with van der Waals surface area (Å²) in [5.74, 6) is 1.13. The van der Waals surface area contributed by atoms with Crippen LogP contribution in [0.4, 0.5) is 17.3 Å². The molecule has 0 saturated carbocycles. The Kier molecular flexibility index (Phi) is 6.01. The van der Waals surface area contributed by atoms with Gasteiger partial charge in [0.2, 0.25) is 0 Å². The summed E-state index contributed by atoms with van der Waals surface area (Å²) in [6.07, 6.45) is 1.02. The Morgan fingerprint density at radius 1 is 1.47 bits per heavy atom. The van der Waals surface area contributed by atoms with E-state index in [1.165, 1.54) is 12.1 Å². The lowest BCUT2D eigenvalue weighted by atomic mass is 10.1. The van der Waals surface area contributed by atoms with Crippen LogP contribution < -0.4 is 11.1 Å². The zero-order valence-electron chi connectivity index (χ0n) is 11.3. The first-order valence-corrected chi connectivity index (χ1v) is 6.22. The largest absolute Gasteiger partial charge is 0.383 e. The van der Waals surface area contributed by atoms with Gasteiger partial charge in [-0.25, -0.2) is 4.98 Å². The van der Waals surface area contributed by atoms with Crippen molar-refractivity contribution in [1.29, 1.82) is 0 Å². The molecule has 0 aliphatic heterocycles. The highest BCUT2D eigenvalue weighted by molar-refractivity contribution is 5.52. The zero-order chi connectivity index (χ0) is 14.3. The van der Waals surface area contributed by atoms with Gasteiger partial charge in [-0.1, -0.05) is 13.8 Å². The second kappa shape index (κ2) is 7.52. The molecule has 7 heteroatoms. The molecule has 7 nitrogen and oxygen atoms in total. The normalized spacial score (nSPS) is 10.7. The van der Waals surface area contributed by atoms with Crippen LogP contribution in [0.3, 0.4) is 0 Å². The third-order valence-corrected chi connectivity index (χ3v) is 2.43. The molecule has 0 amide bonds. The van der Waals surface area contributed by atoms with Crippen LogP contribution in [0.15, 0.2) is 12.1 Å². The highest BCUT2D eigenvalue weighted by Gasteiger charge is 2.09. The van der Waals surface area contributed by atoms with Gasteiger partial charge in [0.05, 0.1) is 23.7 Å². The molecule has 3 N–H and O–H groups in total. The molecule has 0 spiro atoms. The zero-order valence-corrected chi connectivity index (χ0v) is 11.3. The maximum atomic E-state index is 10.7. The number of nitro groups is 1. The molecule has 0 saturated heterocycles. The number of ether oxygens (including phenoxy) is 1. The van der Waals surface area contributed by atoms with E-state index in [9.17, 15) is 10.1 Å². The van der Waals surface area contributed by atoms with Gasteiger partial charge in [0.25, 0.3) is 5.69 Å². The number of anilines is 2. The van der Waals surface area contributed by atoms with Crippen molar-refractivity contribution in [3.63, 3.8) is 0 Å². The number of pyridine rings is 1. The van der Waals surface area contributed by atoms with Crippen molar-refractivity contribution in [3.8, 4) is 0 Å². The lowest BCUT2D eigenvalue weighted by Gasteiger charge is -2.08. The second-order valence-electron chi connectivity index (χ2n) is 4.61. The standard InChI is InChI=1S/C12H20N4O3/c1-9(2)3-5-19-6-4-14-12-8-10(16(17)18)7-11(13)15-12/h7-9H,3-6H2,1-2H3,(H3,13,14,15). The lowest BCUT2D eigenvalue weighted by Crippen LogP contribution is -2.12. The maximum absolute atomic E-state index is 10.7. The van der Waals surface area contributed by atoms with E-state index in [4.69, 9.17) is 10.5 Å². The van der Waals surface area contributed by atoms with Crippen molar-refractivity contribution in [2.24, 2.45) is 5.92 Å². The minimum absolute atomic E-state index is 0.0734. The van der Waals surface area contributed by atoms with Gasteiger partial charge in [0.1, 0.15) is 11.6 Å². The van der Waals surface area contributed by atoms with Gasteiger partial charge < -0.3 is 15.8 Å². The maximum Gasteiger partial charge on any atom is 0.276 e. The van der Waals surface area contributed by atoms with Gasteiger partial charge in [-0.05, 0) is 12.3 Å². The average molecular weight is 268 g/mol. The molecule has 1 heterocycles.